The van der Waals surface area contributed by atoms with Crippen molar-refractivity contribution in [2.45, 2.75) is 11.8 Å². The van der Waals surface area contributed by atoms with Gasteiger partial charge in [0.2, 0.25) is 0 Å². The molecule has 0 N–H and O–H groups in total. The quantitative estimate of drug-likeness (QED) is 0.499. The zero-order valence-electron chi connectivity index (χ0n) is 4.46. The summed E-state index contributed by atoms with van der Waals surface area (Å²) in [4.78, 5) is 2.45. The zero-order chi connectivity index (χ0) is 5.56. The van der Waals surface area contributed by atoms with E-state index in [9.17, 15) is 0 Å². The maximum absolute atomic E-state index is 3.08. The van der Waals surface area contributed by atoms with Gasteiger partial charge in [-0.15, -0.1) is 0 Å². The number of rotatable bonds is 0. The molecule has 2 rings (SSSR count). The van der Waals surface area contributed by atoms with Crippen molar-refractivity contribution in [1.29, 1.82) is 0 Å². The molecule has 0 radical (unpaired) electrons. The molecular weight excluding hydrogens is 185 g/mol. The Morgan fingerprint density at radius 1 is 1.75 bits per heavy atom. The Bertz CT molecular complexity index is 136. The molecule has 2 heterocycles. The first kappa shape index (κ1) is 5.33. The van der Waals surface area contributed by atoms with E-state index in [0.29, 0.717) is 0 Å². The van der Waals surface area contributed by atoms with Crippen molar-refractivity contribution in [3.05, 3.63) is 0 Å². The van der Waals surface area contributed by atoms with Crippen LogP contribution in [0.4, 0.5) is 0 Å². The number of hydrogen-bond donors (Lipinski definition) is 0. The van der Waals surface area contributed by atoms with Crippen molar-refractivity contribution in [3.8, 4) is 0 Å². The van der Waals surface area contributed by atoms with Crippen LogP contribution in [0.5, 0.6) is 0 Å². The van der Waals surface area contributed by atoms with Gasteiger partial charge in [0.25, 0.3) is 0 Å². The fourth-order valence-electron chi connectivity index (χ4n) is 1.13. The van der Waals surface area contributed by atoms with E-state index in [-0.39, 0.29) is 0 Å². The molecule has 2 fully saturated rings. The van der Waals surface area contributed by atoms with Gasteiger partial charge in [-0.3, -0.25) is 0 Å². The Morgan fingerprint density at radius 2 is 2.62 bits per heavy atom. The number of fused-ring (bicyclic) bond motifs is 1. The normalized spacial score (nSPS) is 34.8. The fraction of sp³-hybridized carbons (Fsp3) is 0.800. The molecule has 0 amide bonds. The SMILES string of the molecule is [Se]=C1C[C@H]2SCCN12. The monoisotopic (exact) mass is 193 g/mol. The zero-order valence-corrected chi connectivity index (χ0v) is 6.99. The van der Waals surface area contributed by atoms with E-state index in [1.165, 1.54) is 23.3 Å². The summed E-state index contributed by atoms with van der Waals surface area (Å²) in [6.07, 6.45) is 1.30. The minimum atomic E-state index is 0.853. The van der Waals surface area contributed by atoms with E-state index in [2.05, 4.69) is 32.2 Å². The molecule has 2 aliphatic heterocycles. The molecule has 1 nitrogen and oxygen atoms in total. The van der Waals surface area contributed by atoms with Crippen molar-refractivity contribution in [2.24, 2.45) is 0 Å². The summed E-state index contributed by atoms with van der Waals surface area (Å²) in [5.41, 5.74) is 0. The summed E-state index contributed by atoms with van der Waals surface area (Å²) in [7, 11) is 0. The van der Waals surface area contributed by atoms with Gasteiger partial charge in [-0.05, 0) is 0 Å². The molecule has 0 bridgehead atoms. The average Bonchev–Trinajstić information content (AvgIpc) is 2.09. The fourth-order valence-corrected chi connectivity index (χ4v) is 3.57. The van der Waals surface area contributed by atoms with Gasteiger partial charge < -0.3 is 0 Å². The van der Waals surface area contributed by atoms with Crippen molar-refractivity contribution in [2.75, 3.05) is 12.3 Å². The van der Waals surface area contributed by atoms with Crippen LogP contribution < -0.4 is 0 Å². The predicted octanol–water partition coefficient (Wildman–Crippen LogP) is 0.0634. The Balaban J connectivity index is 2.11. The standard InChI is InChI=1S/C5H7NSSe/c8-5-3-4-6(5)1-2-7-4/h4H,1-3H2/t4-/m1/s1. The van der Waals surface area contributed by atoms with E-state index < -0.39 is 0 Å². The Hall–Kier alpha value is 0.539. The summed E-state index contributed by atoms with van der Waals surface area (Å²) >= 11 is 5.16. The summed E-state index contributed by atoms with van der Waals surface area (Å²) in [6, 6.07) is 0. The Kier molecular flexibility index (Phi) is 1.17. The van der Waals surface area contributed by atoms with Gasteiger partial charge in [-0.2, -0.15) is 0 Å². The second kappa shape index (κ2) is 1.76. The van der Waals surface area contributed by atoms with Crippen molar-refractivity contribution >= 4 is 31.9 Å². The molecule has 0 aliphatic carbocycles. The van der Waals surface area contributed by atoms with Crippen molar-refractivity contribution in [3.63, 3.8) is 0 Å². The van der Waals surface area contributed by atoms with Crippen LogP contribution in [0.25, 0.3) is 0 Å². The molecule has 3 heteroatoms. The summed E-state index contributed by atoms with van der Waals surface area (Å²) in [5, 5.41) is 0.853. The van der Waals surface area contributed by atoms with E-state index in [1.807, 2.05) is 0 Å². The molecule has 1 atom stereocenters. The van der Waals surface area contributed by atoms with Gasteiger partial charge >= 0.3 is 60.9 Å². The number of thioether (sulfide) groups is 1. The first-order valence-electron chi connectivity index (χ1n) is 2.79. The van der Waals surface area contributed by atoms with Gasteiger partial charge in [0, 0.05) is 0 Å². The second-order valence-electron chi connectivity index (χ2n) is 2.12. The van der Waals surface area contributed by atoms with E-state index in [1.54, 1.807) is 0 Å². The van der Waals surface area contributed by atoms with Gasteiger partial charge in [0.05, 0.1) is 0 Å². The molecule has 2 saturated heterocycles. The third-order valence-electron chi connectivity index (χ3n) is 1.66. The first-order valence-corrected chi connectivity index (χ1v) is 4.69. The Morgan fingerprint density at radius 3 is 3.12 bits per heavy atom. The van der Waals surface area contributed by atoms with Gasteiger partial charge in [-0.1, -0.05) is 0 Å². The molecule has 8 heavy (non-hydrogen) atoms. The molecule has 0 saturated carbocycles. The van der Waals surface area contributed by atoms with Crippen LogP contribution in [0.2, 0.25) is 0 Å². The average molecular weight is 192 g/mol. The number of hydrogen-bond acceptors (Lipinski definition) is 2. The summed E-state index contributed by atoms with van der Waals surface area (Å²) in [6.45, 7) is 1.28. The van der Waals surface area contributed by atoms with Crippen LogP contribution >= 0.6 is 11.8 Å². The van der Waals surface area contributed by atoms with Crippen LogP contribution in [0.3, 0.4) is 0 Å². The van der Waals surface area contributed by atoms with Gasteiger partial charge in [0.1, 0.15) is 0 Å². The topological polar surface area (TPSA) is 3.24 Å². The molecule has 2 aliphatic rings. The molecule has 0 unspecified atom stereocenters. The van der Waals surface area contributed by atoms with E-state index >= 15 is 0 Å². The van der Waals surface area contributed by atoms with Crippen molar-refractivity contribution < 1.29 is 0 Å². The van der Waals surface area contributed by atoms with Crippen LogP contribution in [0.1, 0.15) is 6.42 Å². The molecule has 0 spiro atoms. The van der Waals surface area contributed by atoms with Crippen LogP contribution in [0, 0.1) is 0 Å². The first-order chi connectivity index (χ1) is 3.88. The van der Waals surface area contributed by atoms with Gasteiger partial charge in [-0.25, -0.2) is 0 Å². The van der Waals surface area contributed by atoms with Crippen LogP contribution in [-0.2, 0) is 0 Å². The molecular formula is C5H7NSSe. The summed E-state index contributed by atoms with van der Waals surface area (Å²) in [5.74, 6) is 1.33. The number of nitrogens with zero attached hydrogens (tertiary/aromatic N) is 1. The minimum absolute atomic E-state index is 0.853. The third kappa shape index (κ3) is 0.584. The third-order valence-corrected chi connectivity index (χ3v) is 3.73. The van der Waals surface area contributed by atoms with E-state index in [4.69, 9.17) is 0 Å². The molecule has 0 aromatic heterocycles. The van der Waals surface area contributed by atoms with Crippen LogP contribution in [0.15, 0.2) is 0 Å². The predicted molar refractivity (Wildman–Crippen MR) is 38.3 cm³/mol. The van der Waals surface area contributed by atoms with Crippen LogP contribution in [-0.4, -0.2) is 42.7 Å². The van der Waals surface area contributed by atoms with Gasteiger partial charge in [0.15, 0.2) is 0 Å². The van der Waals surface area contributed by atoms with Crippen molar-refractivity contribution in [1.82, 2.24) is 4.90 Å². The molecule has 0 aromatic rings. The van der Waals surface area contributed by atoms with E-state index in [0.717, 1.165) is 5.37 Å². The molecule has 0 aromatic carbocycles. The molecule has 44 valence electrons. The summed E-state index contributed by atoms with van der Waals surface area (Å²) < 4.78 is 1.47. The second-order valence-corrected chi connectivity index (χ2v) is 4.39. The Labute approximate surface area is 61.2 Å². The maximum atomic E-state index is 3.08.